The van der Waals surface area contributed by atoms with E-state index in [1.807, 2.05) is 32.1 Å². The molecule has 2 rings (SSSR count). The first-order valence-electron chi connectivity index (χ1n) is 9.80. The van der Waals surface area contributed by atoms with E-state index in [9.17, 15) is 14.7 Å². The molecule has 1 aliphatic rings. The molecule has 0 aliphatic carbocycles. The van der Waals surface area contributed by atoms with E-state index in [0.717, 1.165) is 24.3 Å². The molecule has 0 bridgehead atoms. The van der Waals surface area contributed by atoms with Crippen LogP contribution in [-0.4, -0.2) is 46.8 Å². The van der Waals surface area contributed by atoms with Gasteiger partial charge in [-0.1, -0.05) is 12.1 Å². The summed E-state index contributed by atoms with van der Waals surface area (Å²) in [5.74, 6) is -1.06. The number of nitrogens with zero attached hydrogens (tertiary/aromatic N) is 3. The minimum absolute atomic E-state index is 0.181. The van der Waals surface area contributed by atoms with Crippen LogP contribution in [-0.2, 0) is 9.59 Å². The Morgan fingerprint density at radius 2 is 1.82 bits per heavy atom. The molecular formula is C22H31N3O3. The highest BCUT2D eigenvalue weighted by Gasteiger charge is 2.36. The van der Waals surface area contributed by atoms with Crippen molar-refractivity contribution in [3.63, 3.8) is 0 Å². The highest BCUT2D eigenvalue weighted by atomic mass is 16.4. The molecular weight excluding hydrogens is 354 g/mol. The van der Waals surface area contributed by atoms with Crippen LogP contribution in [0, 0.1) is 5.41 Å². The number of carboxylic acids is 1. The van der Waals surface area contributed by atoms with Crippen LogP contribution in [0.3, 0.4) is 0 Å². The molecule has 1 aliphatic heterocycles. The number of carbonyl (C=O) groups is 2. The third-order valence-corrected chi connectivity index (χ3v) is 5.22. The van der Waals surface area contributed by atoms with Gasteiger partial charge in [0, 0.05) is 18.8 Å². The molecule has 0 aromatic heterocycles. The highest BCUT2D eigenvalue weighted by molar-refractivity contribution is 6.26. The van der Waals surface area contributed by atoms with Crippen LogP contribution < -0.4 is 4.90 Å². The predicted octanol–water partition coefficient (Wildman–Crippen LogP) is 4.02. The van der Waals surface area contributed by atoms with Gasteiger partial charge in [0.1, 0.15) is 0 Å². The number of amides is 1. The van der Waals surface area contributed by atoms with Crippen LogP contribution in [0.4, 0.5) is 5.69 Å². The summed E-state index contributed by atoms with van der Waals surface area (Å²) in [5, 5.41) is 15.1. The standard InChI is InChI=1S/C22H31N3O3/c1-7-24(8-2)18-11-9-17(10-12-18)13-19-16(4)23-25(20(19)26)15(3)14-22(5,6)21(27)28/h9-13,15H,7-8,14H2,1-6H3,(H,27,28). The van der Waals surface area contributed by atoms with Crippen LogP contribution in [0.1, 0.15) is 53.5 Å². The second kappa shape index (κ2) is 8.59. The number of anilines is 1. The fourth-order valence-electron chi connectivity index (χ4n) is 3.45. The molecule has 1 heterocycles. The molecule has 152 valence electrons. The number of hydrogen-bond acceptors (Lipinski definition) is 4. The van der Waals surface area contributed by atoms with Crippen molar-refractivity contribution in [1.82, 2.24) is 5.01 Å². The number of carbonyl (C=O) groups excluding carboxylic acids is 1. The molecule has 1 unspecified atom stereocenters. The Hall–Kier alpha value is -2.63. The molecule has 0 saturated heterocycles. The van der Waals surface area contributed by atoms with Crippen molar-refractivity contribution in [2.24, 2.45) is 10.5 Å². The molecule has 0 spiro atoms. The Bertz CT molecular complexity index is 790. The maximum atomic E-state index is 12.9. The smallest absolute Gasteiger partial charge is 0.309 e. The fraction of sp³-hybridized carbons (Fsp3) is 0.500. The molecule has 1 aromatic rings. The molecule has 28 heavy (non-hydrogen) atoms. The lowest BCUT2D eigenvalue weighted by atomic mass is 9.86. The summed E-state index contributed by atoms with van der Waals surface area (Å²) in [7, 11) is 0. The minimum Gasteiger partial charge on any atom is -0.481 e. The van der Waals surface area contributed by atoms with Crippen molar-refractivity contribution in [2.45, 2.75) is 54.0 Å². The van der Waals surface area contributed by atoms with Crippen molar-refractivity contribution in [2.75, 3.05) is 18.0 Å². The molecule has 1 amide bonds. The maximum Gasteiger partial charge on any atom is 0.309 e. The predicted molar refractivity (Wildman–Crippen MR) is 113 cm³/mol. The number of aliphatic carboxylic acids is 1. The molecule has 6 nitrogen and oxygen atoms in total. The second-order valence-electron chi connectivity index (χ2n) is 7.90. The SMILES string of the molecule is CCN(CC)c1ccc(C=C2C(=O)N(C(C)CC(C)(C)C(=O)O)N=C2C)cc1. The number of hydrazone groups is 1. The summed E-state index contributed by atoms with van der Waals surface area (Å²) in [4.78, 5) is 26.5. The summed E-state index contributed by atoms with van der Waals surface area (Å²) in [5.41, 5.74) is 2.37. The van der Waals surface area contributed by atoms with Crippen LogP contribution >= 0.6 is 0 Å². The van der Waals surface area contributed by atoms with Gasteiger partial charge in [0.05, 0.1) is 22.7 Å². The monoisotopic (exact) mass is 385 g/mol. The van der Waals surface area contributed by atoms with Crippen LogP contribution in [0.15, 0.2) is 34.9 Å². The first-order valence-corrected chi connectivity index (χ1v) is 9.80. The summed E-state index contributed by atoms with van der Waals surface area (Å²) >= 11 is 0. The lowest BCUT2D eigenvalue weighted by molar-refractivity contribution is -0.148. The lowest BCUT2D eigenvalue weighted by Gasteiger charge is -2.27. The first-order chi connectivity index (χ1) is 13.1. The van der Waals surface area contributed by atoms with Gasteiger partial charge in [0.15, 0.2) is 0 Å². The Labute approximate surface area is 167 Å². The molecule has 1 aromatic carbocycles. The van der Waals surface area contributed by atoms with E-state index in [-0.39, 0.29) is 11.9 Å². The van der Waals surface area contributed by atoms with Crippen LogP contribution in [0.25, 0.3) is 6.08 Å². The molecule has 0 radical (unpaired) electrons. The zero-order valence-electron chi connectivity index (χ0n) is 17.7. The van der Waals surface area contributed by atoms with Gasteiger partial charge in [-0.05, 0) is 71.7 Å². The summed E-state index contributed by atoms with van der Waals surface area (Å²) in [6, 6.07) is 7.81. The van der Waals surface area contributed by atoms with Gasteiger partial charge in [-0.3, -0.25) is 9.59 Å². The maximum absolute atomic E-state index is 12.9. The lowest BCUT2D eigenvalue weighted by Crippen LogP contribution is -2.37. The number of rotatable bonds is 8. The zero-order chi connectivity index (χ0) is 21.1. The van der Waals surface area contributed by atoms with Crippen molar-refractivity contribution < 1.29 is 14.7 Å². The topological polar surface area (TPSA) is 73.2 Å². The molecule has 6 heteroatoms. The third kappa shape index (κ3) is 4.61. The van der Waals surface area contributed by atoms with Gasteiger partial charge in [-0.15, -0.1) is 0 Å². The van der Waals surface area contributed by atoms with Crippen molar-refractivity contribution in [3.05, 3.63) is 35.4 Å². The van der Waals surface area contributed by atoms with Gasteiger partial charge in [-0.2, -0.15) is 5.10 Å². The van der Waals surface area contributed by atoms with E-state index in [1.54, 1.807) is 13.8 Å². The average molecular weight is 386 g/mol. The number of carboxylic acid groups (broad SMARTS) is 1. The number of benzene rings is 1. The average Bonchev–Trinajstić information content (AvgIpc) is 2.92. The van der Waals surface area contributed by atoms with Gasteiger partial charge < -0.3 is 10.0 Å². The highest BCUT2D eigenvalue weighted by Crippen LogP contribution is 2.29. The van der Waals surface area contributed by atoms with Gasteiger partial charge >= 0.3 is 5.97 Å². The molecule has 1 atom stereocenters. The largest absolute Gasteiger partial charge is 0.481 e. The Morgan fingerprint density at radius 1 is 1.25 bits per heavy atom. The van der Waals surface area contributed by atoms with Crippen molar-refractivity contribution >= 4 is 29.4 Å². The number of hydrogen-bond donors (Lipinski definition) is 1. The summed E-state index contributed by atoms with van der Waals surface area (Å²) in [6.07, 6.45) is 2.18. The minimum atomic E-state index is -0.921. The van der Waals surface area contributed by atoms with Crippen molar-refractivity contribution in [1.29, 1.82) is 0 Å². The second-order valence-corrected chi connectivity index (χ2v) is 7.90. The first kappa shape index (κ1) is 21.7. The normalized spacial score (nSPS) is 17.1. The Morgan fingerprint density at radius 3 is 2.32 bits per heavy atom. The van der Waals surface area contributed by atoms with E-state index in [1.165, 1.54) is 5.01 Å². The van der Waals surface area contributed by atoms with E-state index in [4.69, 9.17) is 0 Å². The van der Waals surface area contributed by atoms with E-state index < -0.39 is 11.4 Å². The van der Waals surface area contributed by atoms with Gasteiger partial charge in [0.25, 0.3) is 5.91 Å². The molecule has 1 N–H and O–H groups in total. The molecule has 0 saturated carbocycles. The van der Waals surface area contributed by atoms with Gasteiger partial charge in [0.2, 0.25) is 0 Å². The van der Waals surface area contributed by atoms with Crippen LogP contribution in [0.5, 0.6) is 0 Å². The third-order valence-electron chi connectivity index (χ3n) is 5.22. The Kier molecular flexibility index (Phi) is 6.65. The summed E-state index contributed by atoms with van der Waals surface area (Å²) < 4.78 is 0. The molecule has 0 fully saturated rings. The van der Waals surface area contributed by atoms with E-state index >= 15 is 0 Å². The fourth-order valence-corrected chi connectivity index (χ4v) is 3.45. The summed E-state index contributed by atoms with van der Waals surface area (Å²) in [6.45, 7) is 13.1. The van der Waals surface area contributed by atoms with E-state index in [2.05, 4.69) is 36.0 Å². The van der Waals surface area contributed by atoms with Gasteiger partial charge in [-0.25, -0.2) is 5.01 Å². The Balaban J connectivity index is 2.19. The zero-order valence-corrected chi connectivity index (χ0v) is 17.7. The van der Waals surface area contributed by atoms with E-state index in [0.29, 0.717) is 17.7 Å². The quantitative estimate of drug-likeness (QED) is 0.686. The van der Waals surface area contributed by atoms with Crippen molar-refractivity contribution in [3.8, 4) is 0 Å². The van der Waals surface area contributed by atoms with Crippen LogP contribution in [0.2, 0.25) is 0 Å².